The fraction of sp³-hybridized carbons (Fsp3) is 0.300. The lowest BCUT2D eigenvalue weighted by atomic mass is 10.3. The molecule has 10 heteroatoms. The van der Waals surface area contributed by atoms with Gasteiger partial charge in [-0.3, -0.25) is 14.9 Å². The Hall–Kier alpha value is -2.20. The molecule has 20 heavy (non-hydrogen) atoms. The summed E-state index contributed by atoms with van der Waals surface area (Å²) in [5.74, 6) is -1.42. The van der Waals surface area contributed by atoms with Crippen LogP contribution in [0, 0.1) is 10.1 Å². The van der Waals surface area contributed by atoms with Crippen molar-refractivity contribution in [3.63, 3.8) is 0 Å². The first kappa shape index (κ1) is 15.9. The van der Waals surface area contributed by atoms with E-state index in [0.717, 1.165) is 32.4 Å². The second-order valence-corrected chi connectivity index (χ2v) is 5.79. The molecule has 0 aliphatic carbocycles. The molecule has 0 aliphatic heterocycles. The summed E-state index contributed by atoms with van der Waals surface area (Å²) >= 11 is 0. The van der Waals surface area contributed by atoms with Gasteiger partial charge in [0.25, 0.3) is 0 Å². The van der Waals surface area contributed by atoms with Crippen molar-refractivity contribution in [3.8, 4) is 5.75 Å². The minimum absolute atomic E-state index is 0.409. The van der Waals surface area contributed by atoms with E-state index in [9.17, 15) is 28.4 Å². The fourth-order valence-corrected chi connectivity index (χ4v) is 2.46. The highest BCUT2D eigenvalue weighted by atomic mass is 32.2. The van der Waals surface area contributed by atoms with Crippen LogP contribution in [-0.4, -0.2) is 49.4 Å². The Labute approximate surface area is 114 Å². The third-order valence-corrected chi connectivity index (χ3v) is 4.23. The normalized spacial score (nSPS) is 11.3. The Morgan fingerprint density at radius 3 is 2.60 bits per heavy atom. The van der Waals surface area contributed by atoms with E-state index in [1.807, 2.05) is 0 Å². The van der Waals surface area contributed by atoms with Crippen LogP contribution in [0.25, 0.3) is 0 Å². The Morgan fingerprint density at radius 1 is 1.50 bits per heavy atom. The molecule has 0 spiro atoms. The van der Waals surface area contributed by atoms with Crippen LogP contribution >= 0.6 is 0 Å². The third-order valence-electron chi connectivity index (χ3n) is 2.43. The number of nitro groups is 1. The summed E-state index contributed by atoms with van der Waals surface area (Å²) < 4.78 is 29.2. The highest BCUT2D eigenvalue weighted by molar-refractivity contribution is 7.89. The second kappa shape index (κ2) is 5.84. The van der Waals surface area contributed by atoms with E-state index in [0.29, 0.717) is 4.31 Å². The quantitative estimate of drug-likeness (QED) is 0.464. The lowest BCUT2D eigenvalue weighted by molar-refractivity contribution is -0.386. The van der Waals surface area contributed by atoms with Crippen LogP contribution in [0.5, 0.6) is 5.75 Å². The zero-order valence-corrected chi connectivity index (χ0v) is 11.5. The summed E-state index contributed by atoms with van der Waals surface area (Å²) in [4.78, 5) is 20.4. The maximum absolute atomic E-state index is 12.1. The first-order valence-corrected chi connectivity index (χ1v) is 6.64. The fourth-order valence-electron chi connectivity index (χ4n) is 1.32. The molecule has 0 heterocycles. The van der Waals surface area contributed by atoms with E-state index < -0.39 is 43.8 Å². The van der Waals surface area contributed by atoms with E-state index in [1.54, 1.807) is 0 Å². The molecule has 9 nitrogen and oxygen atoms in total. The SMILES string of the molecule is COC(=O)CN(C)S(=O)(=O)c1ccc(O)c([N+](=O)[O-])c1. The number of ether oxygens (including phenoxy) is 1. The number of benzene rings is 1. The third kappa shape index (κ3) is 3.22. The summed E-state index contributed by atoms with van der Waals surface area (Å²) in [6, 6.07) is 2.63. The van der Waals surface area contributed by atoms with Crippen molar-refractivity contribution < 1.29 is 28.0 Å². The number of esters is 1. The largest absolute Gasteiger partial charge is 0.502 e. The highest BCUT2D eigenvalue weighted by Gasteiger charge is 2.26. The molecule has 0 saturated carbocycles. The number of phenols is 1. The lowest BCUT2D eigenvalue weighted by Crippen LogP contribution is -2.32. The van der Waals surface area contributed by atoms with Gasteiger partial charge in [0.15, 0.2) is 5.75 Å². The van der Waals surface area contributed by atoms with Crippen LogP contribution in [0.4, 0.5) is 5.69 Å². The van der Waals surface area contributed by atoms with Crippen molar-refractivity contribution in [2.75, 3.05) is 20.7 Å². The number of phenolic OH excluding ortho intramolecular Hbond substituents is 1. The molecule has 1 aromatic rings. The first-order chi connectivity index (χ1) is 9.20. The van der Waals surface area contributed by atoms with E-state index in [2.05, 4.69) is 4.74 Å². The molecule has 0 bridgehead atoms. The van der Waals surface area contributed by atoms with Gasteiger partial charge in [-0.15, -0.1) is 0 Å². The van der Waals surface area contributed by atoms with Gasteiger partial charge in [0.2, 0.25) is 10.0 Å². The summed E-state index contributed by atoms with van der Waals surface area (Å²) in [7, 11) is -1.86. The van der Waals surface area contributed by atoms with Gasteiger partial charge in [-0.1, -0.05) is 0 Å². The number of carbonyl (C=O) groups excluding carboxylic acids is 1. The topological polar surface area (TPSA) is 127 Å². The predicted molar refractivity (Wildman–Crippen MR) is 66.6 cm³/mol. The standard InChI is InChI=1S/C10H12N2O7S/c1-11(6-10(14)19-2)20(17,18)7-3-4-9(13)8(5-7)12(15)16/h3-5,13H,6H2,1-2H3. The average Bonchev–Trinajstić information content (AvgIpc) is 2.38. The second-order valence-electron chi connectivity index (χ2n) is 3.74. The summed E-state index contributed by atoms with van der Waals surface area (Å²) in [5, 5.41) is 19.9. The molecule has 0 radical (unpaired) electrons. The van der Waals surface area contributed by atoms with E-state index in [4.69, 9.17) is 0 Å². The lowest BCUT2D eigenvalue weighted by Gasteiger charge is -2.15. The smallest absolute Gasteiger partial charge is 0.321 e. The Balaban J connectivity index is 3.19. The van der Waals surface area contributed by atoms with Gasteiger partial charge in [0.05, 0.1) is 16.9 Å². The number of aromatic hydroxyl groups is 1. The van der Waals surface area contributed by atoms with E-state index in [-0.39, 0.29) is 0 Å². The summed E-state index contributed by atoms with van der Waals surface area (Å²) in [6.45, 7) is -0.534. The van der Waals surface area contributed by atoms with Crippen LogP contribution < -0.4 is 0 Å². The number of nitro benzene ring substituents is 1. The van der Waals surface area contributed by atoms with Crippen molar-refractivity contribution in [2.45, 2.75) is 4.90 Å². The molecule has 0 atom stereocenters. The summed E-state index contributed by atoms with van der Waals surface area (Å²) in [6.07, 6.45) is 0. The minimum atomic E-state index is -4.10. The zero-order chi connectivity index (χ0) is 15.5. The average molecular weight is 304 g/mol. The maximum Gasteiger partial charge on any atom is 0.321 e. The van der Waals surface area contributed by atoms with Crippen LogP contribution in [0.2, 0.25) is 0 Å². The number of sulfonamides is 1. The van der Waals surface area contributed by atoms with Gasteiger partial charge in [-0.2, -0.15) is 4.31 Å². The van der Waals surface area contributed by atoms with E-state index >= 15 is 0 Å². The Kier molecular flexibility index (Phi) is 4.63. The number of hydrogen-bond donors (Lipinski definition) is 1. The molecule has 110 valence electrons. The molecule has 1 N–H and O–H groups in total. The molecule has 1 rings (SSSR count). The van der Waals surface area contributed by atoms with Gasteiger partial charge >= 0.3 is 11.7 Å². The van der Waals surface area contributed by atoms with Crippen molar-refractivity contribution in [1.29, 1.82) is 0 Å². The van der Waals surface area contributed by atoms with Gasteiger partial charge < -0.3 is 9.84 Å². The van der Waals surface area contributed by atoms with Gasteiger partial charge in [0, 0.05) is 13.1 Å². The van der Waals surface area contributed by atoms with Crippen molar-refractivity contribution in [2.24, 2.45) is 0 Å². The van der Waals surface area contributed by atoms with Crippen LogP contribution in [0.3, 0.4) is 0 Å². The number of carbonyl (C=O) groups is 1. The monoisotopic (exact) mass is 304 g/mol. The number of nitrogens with zero attached hydrogens (tertiary/aromatic N) is 2. The van der Waals surface area contributed by atoms with Crippen LogP contribution in [0.15, 0.2) is 23.1 Å². The number of likely N-dealkylation sites (N-methyl/N-ethyl adjacent to an activating group) is 1. The molecule has 1 aromatic carbocycles. The van der Waals surface area contributed by atoms with Crippen molar-refractivity contribution in [1.82, 2.24) is 4.31 Å². The molecular weight excluding hydrogens is 292 g/mol. The van der Waals surface area contributed by atoms with Crippen molar-refractivity contribution in [3.05, 3.63) is 28.3 Å². The molecule has 0 saturated heterocycles. The highest BCUT2D eigenvalue weighted by Crippen LogP contribution is 2.29. The van der Waals surface area contributed by atoms with Crippen molar-refractivity contribution >= 4 is 21.7 Å². The number of methoxy groups -OCH3 is 1. The van der Waals surface area contributed by atoms with Crippen LogP contribution in [0.1, 0.15) is 0 Å². The Morgan fingerprint density at radius 2 is 2.10 bits per heavy atom. The first-order valence-electron chi connectivity index (χ1n) is 5.20. The predicted octanol–water partition coefficient (Wildman–Crippen LogP) is 0.0939. The molecule has 0 aromatic heterocycles. The van der Waals surface area contributed by atoms with E-state index in [1.165, 1.54) is 0 Å². The van der Waals surface area contributed by atoms with Gasteiger partial charge in [0.1, 0.15) is 6.54 Å². The zero-order valence-electron chi connectivity index (χ0n) is 10.6. The molecule has 0 fully saturated rings. The molecule has 0 unspecified atom stereocenters. The van der Waals surface area contributed by atoms with Gasteiger partial charge in [-0.25, -0.2) is 8.42 Å². The Bertz CT molecular complexity index is 641. The summed E-state index contributed by atoms with van der Waals surface area (Å²) in [5.41, 5.74) is -0.738. The molecule has 0 aliphatic rings. The van der Waals surface area contributed by atoms with Gasteiger partial charge in [-0.05, 0) is 12.1 Å². The molecule has 0 amide bonds. The molecular formula is C10H12N2O7S. The number of hydrogen-bond acceptors (Lipinski definition) is 7. The maximum atomic E-state index is 12.1. The van der Waals surface area contributed by atoms with Crippen LogP contribution in [-0.2, 0) is 19.6 Å². The number of rotatable bonds is 5. The minimum Gasteiger partial charge on any atom is -0.502 e.